The van der Waals surface area contributed by atoms with Gasteiger partial charge in [-0.25, -0.2) is 4.79 Å². The summed E-state index contributed by atoms with van der Waals surface area (Å²) in [5.74, 6) is 0. The molecule has 1 aromatic rings. The van der Waals surface area contributed by atoms with Gasteiger partial charge in [0, 0.05) is 6.54 Å². The summed E-state index contributed by atoms with van der Waals surface area (Å²) in [6.07, 6.45) is -0.425. The predicted molar refractivity (Wildman–Crippen MR) is 65.0 cm³/mol. The minimum Gasteiger partial charge on any atom is -0.444 e. The van der Waals surface area contributed by atoms with Crippen molar-refractivity contribution in [3.05, 3.63) is 21.6 Å². The first-order chi connectivity index (χ1) is 8.28. The summed E-state index contributed by atoms with van der Waals surface area (Å²) < 4.78 is 5.28. The number of carbonyl (C=O) groups excluding carboxylic acids is 1. The summed E-state index contributed by atoms with van der Waals surface area (Å²) in [5, 5.41) is 5.21. The third kappa shape index (κ3) is 2.40. The maximum Gasteiger partial charge on any atom is 0.410 e. The second-order valence-electron chi connectivity index (χ2n) is 5.44. The van der Waals surface area contributed by atoms with Crippen LogP contribution in [0.4, 0.5) is 4.79 Å². The number of hydrogen-bond donors (Lipinski definition) is 3. The SMILES string of the molecule is CC(C)(C)OC(=O)N1Cc2[nH][nH]c(=O)c2C(N)C1. The van der Waals surface area contributed by atoms with Crippen molar-refractivity contribution in [1.82, 2.24) is 15.1 Å². The predicted octanol–water partition coefficient (Wildman–Crippen LogP) is 0.453. The Kier molecular flexibility index (Phi) is 2.94. The van der Waals surface area contributed by atoms with E-state index in [4.69, 9.17) is 10.5 Å². The van der Waals surface area contributed by atoms with E-state index in [0.29, 0.717) is 17.8 Å². The van der Waals surface area contributed by atoms with Gasteiger partial charge in [0.15, 0.2) is 0 Å². The molecule has 0 bridgehead atoms. The Balaban J connectivity index is 2.16. The van der Waals surface area contributed by atoms with Gasteiger partial charge >= 0.3 is 6.09 Å². The number of rotatable bonds is 0. The lowest BCUT2D eigenvalue weighted by Crippen LogP contribution is -2.44. The monoisotopic (exact) mass is 254 g/mol. The Labute approximate surface area is 104 Å². The highest BCUT2D eigenvalue weighted by Crippen LogP contribution is 2.22. The molecule has 0 radical (unpaired) electrons. The van der Waals surface area contributed by atoms with E-state index >= 15 is 0 Å². The highest BCUT2D eigenvalue weighted by molar-refractivity contribution is 5.68. The Morgan fingerprint density at radius 2 is 2.11 bits per heavy atom. The van der Waals surface area contributed by atoms with E-state index in [9.17, 15) is 9.59 Å². The van der Waals surface area contributed by atoms with Crippen LogP contribution in [0.25, 0.3) is 0 Å². The van der Waals surface area contributed by atoms with E-state index in [1.807, 2.05) is 0 Å². The van der Waals surface area contributed by atoms with Crippen molar-refractivity contribution in [1.29, 1.82) is 0 Å². The van der Waals surface area contributed by atoms with Crippen LogP contribution in [0.5, 0.6) is 0 Å². The molecule has 2 heterocycles. The minimum absolute atomic E-state index is 0.221. The third-order valence-electron chi connectivity index (χ3n) is 2.69. The first-order valence-electron chi connectivity index (χ1n) is 5.81. The van der Waals surface area contributed by atoms with Crippen LogP contribution in [0.2, 0.25) is 0 Å². The fourth-order valence-electron chi connectivity index (χ4n) is 1.97. The molecule has 7 heteroatoms. The van der Waals surface area contributed by atoms with Gasteiger partial charge in [0.2, 0.25) is 0 Å². The number of amides is 1. The number of carbonyl (C=O) groups is 1. The number of fused-ring (bicyclic) bond motifs is 1. The molecule has 1 amide bonds. The van der Waals surface area contributed by atoms with Crippen LogP contribution in [0.3, 0.4) is 0 Å². The smallest absolute Gasteiger partial charge is 0.410 e. The van der Waals surface area contributed by atoms with E-state index < -0.39 is 17.7 Å². The molecule has 0 spiro atoms. The number of ether oxygens (including phenoxy) is 1. The molecular formula is C11H18N4O3. The summed E-state index contributed by atoms with van der Waals surface area (Å²) in [7, 11) is 0. The van der Waals surface area contributed by atoms with Crippen LogP contribution in [0, 0.1) is 0 Å². The van der Waals surface area contributed by atoms with Gasteiger partial charge in [0.25, 0.3) is 5.56 Å². The van der Waals surface area contributed by atoms with Crippen molar-refractivity contribution >= 4 is 6.09 Å². The van der Waals surface area contributed by atoms with Crippen molar-refractivity contribution in [3.63, 3.8) is 0 Å². The van der Waals surface area contributed by atoms with Gasteiger partial charge in [-0.15, -0.1) is 0 Å². The van der Waals surface area contributed by atoms with Crippen molar-refractivity contribution in [2.75, 3.05) is 6.54 Å². The largest absolute Gasteiger partial charge is 0.444 e. The van der Waals surface area contributed by atoms with Crippen molar-refractivity contribution in [2.45, 2.75) is 39.0 Å². The molecule has 0 fully saturated rings. The summed E-state index contributed by atoms with van der Waals surface area (Å²) in [6, 6.07) is -0.490. The number of hydrogen-bond acceptors (Lipinski definition) is 4. The normalized spacial score (nSPS) is 19.6. The molecule has 4 N–H and O–H groups in total. The quantitative estimate of drug-likeness (QED) is 0.625. The average Bonchev–Trinajstić information content (AvgIpc) is 2.58. The number of nitrogens with zero attached hydrogens (tertiary/aromatic N) is 1. The number of nitrogens with one attached hydrogen (secondary N) is 2. The molecule has 1 unspecified atom stereocenters. The molecule has 0 aromatic carbocycles. The molecule has 100 valence electrons. The Morgan fingerprint density at radius 3 is 2.72 bits per heavy atom. The van der Waals surface area contributed by atoms with Crippen LogP contribution in [0.1, 0.15) is 38.1 Å². The zero-order valence-electron chi connectivity index (χ0n) is 10.7. The van der Waals surface area contributed by atoms with Gasteiger partial charge in [0.1, 0.15) is 5.60 Å². The lowest BCUT2D eigenvalue weighted by molar-refractivity contribution is 0.0203. The molecule has 1 aliphatic heterocycles. The van der Waals surface area contributed by atoms with E-state index in [0.717, 1.165) is 0 Å². The fraction of sp³-hybridized carbons (Fsp3) is 0.636. The number of aromatic nitrogens is 2. The van der Waals surface area contributed by atoms with Gasteiger partial charge < -0.3 is 20.5 Å². The maximum atomic E-state index is 11.9. The van der Waals surface area contributed by atoms with Crippen LogP contribution in [-0.4, -0.2) is 33.3 Å². The van der Waals surface area contributed by atoms with Crippen LogP contribution >= 0.6 is 0 Å². The Bertz CT molecular complexity index is 511. The van der Waals surface area contributed by atoms with Crippen molar-refractivity contribution < 1.29 is 9.53 Å². The standard InChI is InChI=1S/C11H18N4O3/c1-11(2,3)18-10(17)15-4-6(12)8-7(5-15)13-14-9(8)16/h6H,4-5,12H2,1-3H3,(H2,13,14,16). The Hall–Kier alpha value is -1.76. The highest BCUT2D eigenvalue weighted by atomic mass is 16.6. The number of nitrogens with two attached hydrogens (primary N) is 1. The topological polar surface area (TPSA) is 104 Å². The molecule has 0 aliphatic carbocycles. The van der Waals surface area contributed by atoms with Crippen LogP contribution in [0.15, 0.2) is 4.79 Å². The first kappa shape index (κ1) is 12.7. The fourth-order valence-corrected chi connectivity index (χ4v) is 1.97. The zero-order valence-corrected chi connectivity index (χ0v) is 10.7. The first-order valence-corrected chi connectivity index (χ1v) is 5.81. The lowest BCUT2D eigenvalue weighted by atomic mass is 10.0. The van der Waals surface area contributed by atoms with E-state index in [1.165, 1.54) is 4.90 Å². The van der Waals surface area contributed by atoms with Crippen LogP contribution < -0.4 is 11.3 Å². The van der Waals surface area contributed by atoms with Gasteiger partial charge in [-0.3, -0.25) is 9.89 Å². The molecule has 1 atom stereocenters. The van der Waals surface area contributed by atoms with E-state index in [-0.39, 0.29) is 12.1 Å². The second-order valence-corrected chi connectivity index (χ2v) is 5.44. The van der Waals surface area contributed by atoms with E-state index in [1.54, 1.807) is 20.8 Å². The van der Waals surface area contributed by atoms with E-state index in [2.05, 4.69) is 10.2 Å². The molecule has 1 aromatic heterocycles. The zero-order chi connectivity index (χ0) is 13.5. The van der Waals surface area contributed by atoms with Crippen molar-refractivity contribution in [3.8, 4) is 0 Å². The number of aromatic amines is 2. The molecular weight excluding hydrogens is 236 g/mol. The summed E-state index contributed by atoms with van der Waals surface area (Å²) in [4.78, 5) is 24.9. The minimum atomic E-state index is -0.549. The van der Waals surface area contributed by atoms with Crippen molar-refractivity contribution in [2.24, 2.45) is 5.73 Å². The molecule has 1 aliphatic rings. The van der Waals surface area contributed by atoms with Gasteiger partial charge in [-0.05, 0) is 20.8 Å². The Morgan fingerprint density at radius 1 is 1.44 bits per heavy atom. The number of H-pyrrole nitrogens is 2. The maximum absolute atomic E-state index is 11.9. The van der Waals surface area contributed by atoms with Crippen LogP contribution in [-0.2, 0) is 11.3 Å². The summed E-state index contributed by atoms with van der Waals surface area (Å²) in [6.45, 7) is 5.99. The molecule has 2 rings (SSSR count). The molecule has 18 heavy (non-hydrogen) atoms. The van der Waals surface area contributed by atoms with Gasteiger partial charge in [-0.2, -0.15) is 0 Å². The second kappa shape index (κ2) is 4.16. The molecule has 0 saturated heterocycles. The average molecular weight is 254 g/mol. The summed E-state index contributed by atoms with van der Waals surface area (Å²) >= 11 is 0. The lowest BCUT2D eigenvalue weighted by Gasteiger charge is -2.32. The van der Waals surface area contributed by atoms with Gasteiger partial charge in [-0.1, -0.05) is 0 Å². The highest BCUT2D eigenvalue weighted by Gasteiger charge is 2.31. The molecule has 0 saturated carbocycles. The summed E-state index contributed by atoms with van der Waals surface area (Å²) in [5.41, 5.74) is 6.29. The molecule has 7 nitrogen and oxygen atoms in total. The third-order valence-corrected chi connectivity index (χ3v) is 2.69. The van der Waals surface area contributed by atoms with Gasteiger partial charge in [0.05, 0.1) is 23.8 Å².